The van der Waals surface area contributed by atoms with E-state index in [0.29, 0.717) is 22.8 Å². The second-order valence-corrected chi connectivity index (χ2v) is 6.15. The van der Waals surface area contributed by atoms with Gasteiger partial charge in [-0.25, -0.2) is 0 Å². The first-order valence-corrected chi connectivity index (χ1v) is 8.35. The number of rotatable bonds is 5. The molecule has 6 heteroatoms. The van der Waals surface area contributed by atoms with Crippen molar-refractivity contribution in [2.24, 2.45) is 0 Å². The van der Waals surface area contributed by atoms with E-state index < -0.39 is 0 Å². The van der Waals surface area contributed by atoms with Gasteiger partial charge in [0.2, 0.25) is 10.9 Å². The predicted octanol–water partition coefficient (Wildman–Crippen LogP) is 4.19. The van der Waals surface area contributed by atoms with E-state index in [2.05, 4.69) is 4.98 Å². The van der Waals surface area contributed by atoms with Gasteiger partial charge >= 0.3 is 0 Å². The highest BCUT2D eigenvalue weighted by atomic mass is 32.2. The summed E-state index contributed by atoms with van der Waals surface area (Å²) in [6, 6.07) is 12.9. The molecule has 128 valence electrons. The number of carbonyl (C=O) groups is 1. The highest BCUT2D eigenvalue weighted by Gasteiger charge is 2.18. The third kappa shape index (κ3) is 3.39. The first-order valence-electron chi connectivity index (χ1n) is 7.54. The molecule has 0 atom stereocenters. The Morgan fingerprint density at radius 3 is 2.28 bits per heavy atom. The van der Waals surface area contributed by atoms with E-state index in [-0.39, 0.29) is 5.12 Å². The molecule has 0 spiro atoms. The first-order chi connectivity index (χ1) is 12.2. The first kappa shape index (κ1) is 17.1. The van der Waals surface area contributed by atoms with Gasteiger partial charge in [-0.15, -0.1) is 0 Å². The Hall–Kier alpha value is -2.73. The lowest BCUT2D eigenvalue weighted by atomic mass is 10.2. The zero-order valence-electron chi connectivity index (χ0n) is 14.1. The fraction of sp³-hybridized carbons (Fsp3) is 0.158. The van der Waals surface area contributed by atoms with Crippen LogP contribution in [0.3, 0.4) is 0 Å². The van der Waals surface area contributed by atoms with Crippen LogP contribution in [0.2, 0.25) is 0 Å². The van der Waals surface area contributed by atoms with Crippen molar-refractivity contribution in [3.8, 4) is 17.2 Å². The second-order valence-electron chi connectivity index (χ2n) is 5.13. The number of ether oxygens (including phenoxy) is 3. The molecular weight excluding hydrogens is 338 g/mol. The van der Waals surface area contributed by atoms with Gasteiger partial charge < -0.3 is 14.2 Å². The van der Waals surface area contributed by atoms with Crippen LogP contribution in [-0.4, -0.2) is 31.4 Å². The Bertz CT molecular complexity index is 896. The average molecular weight is 355 g/mol. The lowest BCUT2D eigenvalue weighted by Crippen LogP contribution is -2.00. The van der Waals surface area contributed by atoms with Gasteiger partial charge in [-0.2, -0.15) is 0 Å². The molecule has 2 aromatic carbocycles. The molecule has 0 fully saturated rings. The summed E-state index contributed by atoms with van der Waals surface area (Å²) in [6.07, 6.45) is 1.72. The van der Waals surface area contributed by atoms with Crippen LogP contribution in [0.25, 0.3) is 10.9 Å². The van der Waals surface area contributed by atoms with Gasteiger partial charge in [0.25, 0.3) is 0 Å². The normalized spacial score (nSPS) is 10.5. The number of hydrogen-bond acceptors (Lipinski definition) is 6. The molecule has 0 aliphatic heterocycles. The number of benzene rings is 2. The third-order valence-electron chi connectivity index (χ3n) is 3.70. The number of fused-ring (bicyclic) bond motifs is 1. The van der Waals surface area contributed by atoms with Gasteiger partial charge in [0.05, 0.1) is 26.8 Å². The molecule has 5 nitrogen and oxygen atoms in total. The molecular formula is C19H17NO4S. The van der Waals surface area contributed by atoms with Crippen molar-refractivity contribution < 1.29 is 19.0 Å². The van der Waals surface area contributed by atoms with E-state index in [1.165, 1.54) is 21.3 Å². The van der Waals surface area contributed by atoms with Crippen molar-refractivity contribution in [3.05, 3.63) is 54.2 Å². The van der Waals surface area contributed by atoms with Gasteiger partial charge in [0.15, 0.2) is 11.5 Å². The van der Waals surface area contributed by atoms with E-state index in [4.69, 9.17) is 14.2 Å². The van der Waals surface area contributed by atoms with Gasteiger partial charge in [0, 0.05) is 22.0 Å². The predicted molar refractivity (Wildman–Crippen MR) is 98.0 cm³/mol. The number of hydrogen-bond donors (Lipinski definition) is 0. The molecule has 0 amide bonds. The summed E-state index contributed by atoms with van der Waals surface area (Å²) in [4.78, 5) is 18.0. The molecule has 0 saturated heterocycles. The number of nitrogens with zero attached hydrogens (tertiary/aromatic N) is 1. The molecule has 0 bridgehead atoms. The maximum absolute atomic E-state index is 12.8. The summed E-state index contributed by atoms with van der Waals surface area (Å²) >= 11 is 1.12. The van der Waals surface area contributed by atoms with E-state index in [1.807, 2.05) is 30.3 Å². The van der Waals surface area contributed by atoms with E-state index in [9.17, 15) is 4.79 Å². The number of methoxy groups -OCH3 is 3. The number of pyridine rings is 1. The number of aromatic nitrogens is 1. The molecule has 3 aromatic rings. The summed E-state index contributed by atoms with van der Waals surface area (Å²) in [5.74, 6) is 1.35. The van der Waals surface area contributed by atoms with Crippen LogP contribution in [0.5, 0.6) is 17.2 Å². The van der Waals surface area contributed by atoms with E-state index in [1.54, 1.807) is 18.3 Å². The summed E-state index contributed by atoms with van der Waals surface area (Å²) in [5.41, 5.74) is 1.27. The van der Waals surface area contributed by atoms with Gasteiger partial charge in [0.1, 0.15) is 0 Å². The smallest absolute Gasteiger partial charge is 0.224 e. The van der Waals surface area contributed by atoms with E-state index >= 15 is 0 Å². The molecule has 0 aliphatic carbocycles. The lowest BCUT2D eigenvalue weighted by molar-refractivity contribution is 0.108. The molecule has 1 aromatic heterocycles. The highest BCUT2D eigenvalue weighted by Crippen LogP contribution is 2.40. The maximum Gasteiger partial charge on any atom is 0.224 e. The topological polar surface area (TPSA) is 57.7 Å². The van der Waals surface area contributed by atoms with E-state index in [0.717, 1.165) is 27.6 Å². The zero-order chi connectivity index (χ0) is 17.8. The molecule has 3 rings (SSSR count). The molecule has 0 unspecified atom stereocenters. The standard InChI is InChI=1S/C19H17NO4S/c1-22-14-10-13(11-15(23-2)18(14)24-3)19(21)25-16-8-4-6-12-7-5-9-20-17(12)16/h4-11H,1-3H3. The maximum atomic E-state index is 12.8. The Morgan fingerprint density at radius 1 is 0.960 bits per heavy atom. The van der Waals surface area contributed by atoms with Crippen molar-refractivity contribution in [3.63, 3.8) is 0 Å². The monoisotopic (exact) mass is 355 g/mol. The SMILES string of the molecule is COc1cc(C(=O)Sc2cccc3cccnc23)cc(OC)c1OC. The Kier molecular flexibility index (Phi) is 5.09. The molecule has 0 N–H and O–H groups in total. The van der Waals surface area contributed by atoms with Crippen LogP contribution in [0.15, 0.2) is 53.6 Å². The molecule has 0 saturated carbocycles. The Labute approximate surface area is 149 Å². The van der Waals surface area contributed by atoms with Crippen LogP contribution < -0.4 is 14.2 Å². The lowest BCUT2D eigenvalue weighted by Gasteiger charge is -2.13. The van der Waals surface area contributed by atoms with Crippen LogP contribution in [-0.2, 0) is 0 Å². The number of thioether (sulfide) groups is 1. The summed E-state index contributed by atoms with van der Waals surface area (Å²) in [5, 5.41) is 0.864. The molecule has 0 radical (unpaired) electrons. The van der Waals surface area contributed by atoms with Crippen LogP contribution in [0.4, 0.5) is 0 Å². The minimum absolute atomic E-state index is 0.127. The summed E-state index contributed by atoms with van der Waals surface area (Å²) in [7, 11) is 4.57. The Balaban J connectivity index is 1.98. The fourth-order valence-corrected chi connectivity index (χ4v) is 3.37. The van der Waals surface area contributed by atoms with Crippen molar-refractivity contribution in [2.75, 3.05) is 21.3 Å². The quantitative estimate of drug-likeness (QED) is 0.640. The number of para-hydroxylation sites is 1. The van der Waals surface area contributed by atoms with Gasteiger partial charge in [-0.1, -0.05) is 18.2 Å². The van der Waals surface area contributed by atoms with Crippen molar-refractivity contribution in [1.82, 2.24) is 4.98 Å². The van der Waals surface area contributed by atoms with Crippen LogP contribution in [0.1, 0.15) is 10.4 Å². The minimum atomic E-state index is -0.127. The second kappa shape index (κ2) is 7.44. The minimum Gasteiger partial charge on any atom is -0.493 e. The largest absolute Gasteiger partial charge is 0.493 e. The van der Waals surface area contributed by atoms with Gasteiger partial charge in [-0.3, -0.25) is 9.78 Å². The molecule has 1 heterocycles. The third-order valence-corrected chi connectivity index (χ3v) is 4.67. The zero-order valence-corrected chi connectivity index (χ0v) is 14.9. The highest BCUT2D eigenvalue weighted by molar-refractivity contribution is 8.14. The summed E-state index contributed by atoms with van der Waals surface area (Å²) < 4.78 is 15.9. The van der Waals surface area contributed by atoms with Crippen LogP contribution in [0, 0.1) is 0 Å². The number of carbonyl (C=O) groups excluding carboxylic acids is 1. The average Bonchev–Trinajstić information content (AvgIpc) is 2.66. The van der Waals surface area contributed by atoms with Crippen molar-refractivity contribution >= 4 is 27.8 Å². The Morgan fingerprint density at radius 2 is 1.64 bits per heavy atom. The fourth-order valence-electron chi connectivity index (χ4n) is 2.52. The summed E-state index contributed by atoms with van der Waals surface area (Å²) in [6.45, 7) is 0. The van der Waals surface area contributed by atoms with Crippen LogP contribution >= 0.6 is 11.8 Å². The molecule has 0 aliphatic rings. The van der Waals surface area contributed by atoms with Crippen molar-refractivity contribution in [2.45, 2.75) is 4.90 Å². The van der Waals surface area contributed by atoms with Crippen molar-refractivity contribution in [1.29, 1.82) is 0 Å². The molecule has 25 heavy (non-hydrogen) atoms. The van der Waals surface area contributed by atoms with Gasteiger partial charge in [-0.05, 0) is 36.0 Å².